The number of hydrogen-bond donors (Lipinski definition) is 4. The number of para-hydroxylation sites is 1. The summed E-state index contributed by atoms with van der Waals surface area (Å²) >= 11 is 0. The number of nitrogens with zero attached hydrogens (tertiary/aromatic N) is 2. The van der Waals surface area contributed by atoms with Crippen LogP contribution in [0.25, 0.3) is 0 Å². The predicted octanol–water partition coefficient (Wildman–Crippen LogP) is 3.19. The number of hydrogen-bond acceptors (Lipinski definition) is 6. The first-order valence-corrected chi connectivity index (χ1v) is 17.6. The van der Waals surface area contributed by atoms with Crippen LogP contribution in [0.1, 0.15) is 35.1 Å². The molecule has 4 amide bonds. The van der Waals surface area contributed by atoms with E-state index in [2.05, 4.69) is 21.3 Å². The Hall–Kier alpha value is -5.71. The monoisotopic (exact) mass is 682 g/mol. The van der Waals surface area contributed by atoms with Gasteiger partial charge in [0.1, 0.15) is 42.3 Å². The second-order valence-corrected chi connectivity index (χ2v) is 14.7. The van der Waals surface area contributed by atoms with Crippen molar-refractivity contribution < 1.29 is 23.6 Å². The summed E-state index contributed by atoms with van der Waals surface area (Å²) in [6.45, 7) is 0. The molecule has 6 heterocycles. The lowest BCUT2D eigenvalue weighted by Gasteiger charge is -2.48. The van der Waals surface area contributed by atoms with Crippen molar-refractivity contribution in [1.82, 2.24) is 20.4 Å². The second kappa shape index (κ2) is 10.6. The maximum atomic E-state index is 16.7. The molecule has 256 valence electrons. The van der Waals surface area contributed by atoms with Crippen LogP contribution < -0.4 is 21.3 Å². The minimum absolute atomic E-state index is 0.102. The number of carbonyl (C=O) groups is 4. The van der Waals surface area contributed by atoms with E-state index in [1.165, 1.54) is 6.07 Å². The van der Waals surface area contributed by atoms with E-state index >= 15 is 4.39 Å². The third-order valence-electron chi connectivity index (χ3n) is 12.3. The Morgan fingerprint density at radius 3 is 1.67 bits per heavy atom. The minimum atomic E-state index is -1.25. The highest BCUT2D eigenvalue weighted by Gasteiger charge is 2.78. The van der Waals surface area contributed by atoms with Gasteiger partial charge < -0.3 is 31.1 Å². The lowest BCUT2D eigenvalue weighted by Crippen LogP contribution is -2.67. The number of rotatable bonds is 5. The predicted molar refractivity (Wildman–Crippen MR) is 186 cm³/mol. The van der Waals surface area contributed by atoms with Gasteiger partial charge in [0, 0.05) is 29.8 Å². The van der Waals surface area contributed by atoms with Crippen LogP contribution in [0.3, 0.4) is 0 Å². The number of carbonyl (C=O) groups excluding carboxylic acids is 4. The first-order chi connectivity index (χ1) is 24.8. The number of fused-ring (bicyclic) bond motifs is 11. The van der Waals surface area contributed by atoms with Crippen LogP contribution in [0.5, 0.6) is 0 Å². The summed E-state index contributed by atoms with van der Waals surface area (Å²) in [6.07, 6.45) is -0.687. The van der Waals surface area contributed by atoms with Crippen molar-refractivity contribution in [2.75, 3.05) is 10.6 Å². The van der Waals surface area contributed by atoms with Crippen LogP contribution in [0, 0.1) is 5.82 Å². The summed E-state index contributed by atoms with van der Waals surface area (Å²) in [5, 5.41) is 13.2. The third-order valence-corrected chi connectivity index (χ3v) is 12.3. The molecule has 11 heteroatoms. The van der Waals surface area contributed by atoms with Gasteiger partial charge in [-0.05, 0) is 47.7 Å². The van der Waals surface area contributed by atoms with E-state index in [4.69, 9.17) is 0 Å². The molecule has 4 aromatic carbocycles. The van der Waals surface area contributed by atoms with E-state index < -0.39 is 53.1 Å². The Kier molecular flexibility index (Phi) is 6.29. The van der Waals surface area contributed by atoms with Crippen molar-refractivity contribution in [3.05, 3.63) is 131 Å². The van der Waals surface area contributed by atoms with Crippen molar-refractivity contribution in [3.8, 4) is 0 Å². The van der Waals surface area contributed by atoms with Crippen LogP contribution in [0.15, 0.2) is 103 Å². The summed E-state index contributed by atoms with van der Waals surface area (Å²) in [5.41, 5.74) is 1.99. The molecule has 4 saturated heterocycles. The van der Waals surface area contributed by atoms with Gasteiger partial charge in [0.25, 0.3) is 0 Å². The van der Waals surface area contributed by atoms with E-state index in [1.54, 1.807) is 21.9 Å². The summed E-state index contributed by atoms with van der Waals surface area (Å²) in [4.78, 5) is 60.9. The van der Waals surface area contributed by atoms with Crippen molar-refractivity contribution in [2.45, 2.75) is 73.0 Å². The summed E-state index contributed by atoms with van der Waals surface area (Å²) in [5.74, 6) is -1.52. The smallest absolute Gasteiger partial charge is 0.247 e. The highest BCUT2D eigenvalue weighted by molar-refractivity contribution is 6.01. The average molecular weight is 683 g/mol. The molecule has 0 bridgehead atoms. The number of amides is 4. The van der Waals surface area contributed by atoms with Crippen molar-refractivity contribution in [2.24, 2.45) is 0 Å². The van der Waals surface area contributed by atoms with Gasteiger partial charge in [-0.25, -0.2) is 4.39 Å². The fraction of sp³-hybridized carbons (Fsp3) is 0.300. The van der Waals surface area contributed by atoms with Crippen molar-refractivity contribution >= 4 is 35.0 Å². The van der Waals surface area contributed by atoms with Gasteiger partial charge in [-0.2, -0.15) is 0 Å². The topological polar surface area (TPSA) is 123 Å². The number of anilines is 2. The highest BCUT2D eigenvalue weighted by Crippen LogP contribution is 2.69. The molecule has 10 nitrogen and oxygen atoms in total. The van der Waals surface area contributed by atoms with Crippen LogP contribution in [-0.4, -0.2) is 69.9 Å². The Morgan fingerprint density at radius 2 is 1.06 bits per heavy atom. The Balaban J connectivity index is 1.14. The maximum absolute atomic E-state index is 16.7. The van der Waals surface area contributed by atoms with Crippen LogP contribution in [0.4, 0.5) is 15.8 Å². The Morgan fingerprint density at radius 1 is 0.569 bits per heavy atom. The molecule has 0 aromatic heterocycles. The van der Waals surface area contributed by atoms with Gasteiger partial charge >= 0.3 is 0 Å². The normalized spacial score (nSPS) is 32.5. The first-order valence-electron chi connectivity index (χ1n) is 17.6. The third kappa shape index (κ3) is 3.91. The molecule has 0 saturated carbocycles. The molecule has 51 heavy (non-hydrogen) atoms. The fourth-order valence-electron chi connectivity index (χ4n) is 10.4. The van der Waals surface area contributed by atoms with Crippen LogP contribution >= 0.6 is 0 Å². The molecule has 0 radical (unpaired) electrons. The lowest BCUT2D eigenvalue weighted by molar-refractivity contribution is -0.149. The molecular weight excluding hydrogens is 647 g/mol. The van der Waals surface area contributed by atoms with E-state index in [9.17, 15) is 19.2 Å². The molecule has 0 aliphatic carbocycles. The summed E-state index contributed by atoms with van der Waals surface area (Å²) < 4.78 is 16.7. The molecule has 6 aliphatic rings. The SMILES string of the molecule is O=C1N[C@@H](Cc2ccccc2)C(=O)N2[C@H]3Nc4ccccc4C3(C34C[C@H]5C(=O)N[C@@H](Cc6ccccc6)C(=O)N5[C@H]3Nc3cccc(F)c34)C[C@@H]12. The molecule has 0 spiro atoms. The van der Waals surface area contributed by atoms with Gasteiger partial charge in [-0.15, -0.1) is 0 Å². The number of benzene rings is 4. The molecule has 10 rings (SSSR count). The molecule has 2 unspecified atom stereocenters. The average Bonchev–Trinajstić information content (AvgIpc) is 3.85. The van der Waals surface area contributed by atoms with Gasteiger partial charge in [0.2, 0.25) is 23.6 Å². The van der Waals surface area contributed by atoms with Crippen molar-refractivity contribution in [3.63, 3.8) is 0 Å². The van der Waals surface area contributed by atoms with Crippen molar-refractivity contribution in [1.29, 1.82) is 0 Å². The molecule has 4 N–H and O–H groups in total. The zero-order valence-corrected chi connectivity index (χ0v) is 27.5. The lowest BCUT2D eigenvalue weighted by atomic mass is 9.54. The van der Waals surface area contributed by atoms with E-state index in [1.807, 2.05) is 84.9 Å². The van der Waals surface area contributed by atoms with Gasteiger partial charge in [-0.1, -0.05) is 84.9 Å². The zero-order valence-electron chi connectivity index (χ0n) is 27.5. The van der Waals surface area contributed by atoms with E-state index in [0.29, 0.717) is 24.1 Å². The number of piperazine rings is 2. The quantitative estimate of drug-likeness (QED) is 0.257. The molecule has 8 atom stereocenters. The largest absolute Gasteiger partial charge is 0.364 e. The standard InChI is InChI=1S/C40H35FN6O4/c41-25-15-9-17-27-32(25)40(21-31-34(49)43-29(19-23-12-5-2-6-13-23)36(51)47(31)38(40)45-27)39-20-30-33(48)42-28(18-22-10-3-1-4-11-22)35(50)46(30)37(39)44-26-16-8-7-14-24(26)39/h1-17,28-31,37-38,44-45H,18-21H2,(H,42,48)(H,43,49)/t28-,29-,30-,31-,37+,38+,39?,40?/m0/s1. The Bertz CT molecular complexity index is 2150. The summed E-state index contributed by atoms with van der Waals surface area (Å²) in [6, 6.07) is 28.3. The maximum Gasteiger partial charge on any atom is 0.247 e. The van der Waals surface area contributed by atoms with Crippen LogP contribution in [-0.2, 0) is 42.8 Å². The van der Waals surface area contributed by atoms with Gasteiger partial charge in [0.15, 0.2) is 0 Å². The molecule has 4 fully saturated rings. The minimum Gasteiger partial charge on any atom is -0.364 e. The Labute approximate surface area is 293 Å². The zero-order chi connectivity index (χ0) is 34.6. The highest BCUT2D eigenvalue weighted by atomic mass is 19.1. The van der Waals surface area contributed by atoms with E-state index in [0.717, 1.165) is 22.4 Å². The molecule has 6 aliphatic heterocycles. The summed E-state index contributed by atoms with van der Waals surface area (Å²) in [7, 11) is 0. The first kappa shape index (κ1) is 30.1. The van der Waals surface area contributed by atoms with Gasteiger partial charge in [-0.3, -0.25) is 19.2 Å². The van der Waals surface area contributed by atoms with Gasteiger partial charge in [0.05, 0.1) is 10.8 Å². The van der Waals surface area contributed by atoms with E-state index in [-0.39, 0.29) is 36.5 Å². The number of halogens is 1. The molecular formula is C40H35FN6O4. The fourth-order valence-corrected chi connectivity index (χ4v) is 10.4. The number of nitrogens with one attached hydrogen (secondary N) is 4. The van der Waals surface area contributed by atoms with Crippen LogP contribution in [0.2, 0.25) is 0 Å². The second-order valence-electron chi connectivity index (χ2n) is 14.7. The molecule has 4 aromatic rings.